The third-order valence-corrected chi connectivity index (χ3v) is 5.50. The number of benzene rings is 1. The quantitative estimate of drug-likeness (QED) is 0.632. The molecular formula is C22H27N6O4-. The Morgan fingerprint density at radius 2 is 1.94 bits per heavy atom. The average molecular weight is 439 g/mol. The number of hydrogen-bond acceptors (Lipinski definition) is 7. The molecule has 1 aliphatic heterocycles. The zero-order valence-electron chi connectivity index (χ0n) is 18.5. The fourth-order valence-corrected chi connectivity index (χ4v) is 4.11. The van der Waals surface area contributed by atoms with Gasteiger partial charge in [-0.3, -0.25) is 9.59 Å². The molecule has 10 heteroatoms. The number of rotatable bonds is 4. The van der Waals surface area contributed by atoms with Gasteiger partial charge in [-0.05, 0) is 24.0 Å². The van der Waals surface area contributed by atoms with Gasteiger partial charge in [-0.25, -0.2) is 9.97 Å². The standard InChI is InChI=1S/C22H28N6O4/c1-22(2,3)17-14(8-9-28(17)21(31)32)27-19(29)13-7-5-6-12(10-13)15-11-25-18(23)16(26-15)20(30)24-4/h5-7,10-11,14,17H,8-9H2,1-4H3,(H2,23,25)(H,24,30)(H,27,29)(H,31,32)/p-1. The van der Waals surface area contributed by atoms with Crippen molar-refractivity contribution < 1.29 is 19.5 Å². The average Bonchev–Trinajstić information content (AvgIpc) is 3.18. The number of carbonyl (C=O) groups is 3. The molecule has 0 aliphatic carbocycles. The fourth-order valence-electron chi connectivity index (χ4n) is 4.11. The van der Waals surface area contributed by atoms with E-state index in [1.165, 1.54) is 18.1 Å². The Bertz CT molecular complexity index is 1050. The smallest absolute Gasteiger partial charge is 0.273 e. The minimum absolute atomic E-state index is 0.00111. The van der Waals surface area contributed by atoms with E-state index in [9.17, 15) is 19.5 Å². The Balaban J connectivity index is 1.85. The summed E-state index contributed by atoms with van der Waals surface area (Å²) in [5.41, 5.74) is 6.72. The van der Waals surface area contributed by atoms with Crippen molar-refractivity contribution in [3.8, 4) is 11.3 Å². The lowest BCUT2D eigenvalue weighted by Crippen LogP contribution is -2.55. The Morgan fingerprint density at radius 1 is 1.22 bits per heavy atom. The third-order valence-electron chi connectivity index (χ3n) is 5.50. The van der Waals surface area contributed by atoms with Gasteiger partial charge in [0.2, 0.25) is 0 Å². The van der Waals surface area contributed by atoms with Gasteiger partial charge in [0.25, 0.3) is 11.8 Å². The van der Waals surface area contributed by atoms with Crippen LogP contribution in [0.25, 0.3) is 11.3 Å². The highest BCUT2D eigenvalue weighted by atomic mass is 16.4. The Hall–Kier alpha value is -3.69. The van der Waals surface area contributed by atoms with Crippen LogP contribution in [-0.4, -0.2) is 58.5 Å². The Labute approximate surface area is 186 Å². The second kappa shape index (κ2) is 8.81. The number of carbonyl (C=O) groups excluding carboxylic acids is 3. The van der Waals surface area contributed by atoms with Crippen LogP contribution < -0.4 is 21.5 Å². The van der Waals surface area contributed by atoms with Crippen molar-refractivity contribution >= 4 is 23.7 Å². The van der Waals surface area contributed by atoms with Crippen LogP contribution in [0.4, 0.5) is 10.6 Å². The molecule has 32 heavy (non-hydrogen) atoms. The first kappa shape index (κ1) is 23.0. The Morgan fingerprint density at radius 3 is 2.56 bits per heavy atom. The van der Waals surface area contributed by atoms with E-state index in [2.05, 4.69) is 20.6 Å². The molecule has 3 amide bonds. The summed E-state index contributed by atoms with van der Waals surface area (Å²) in [6.45, 7) is 6.10. The molecule has 1 fully saturated rings. The topological polar surface area (TPSA) is 153 Å². The van der Waals surface area contributed by atoms with Crippen molar-refractivity contribution in [1.82, 2.24) is 25.5 Å². The van der Waals surface area contributed by atoms with Crippen molar-refractivity contribution in [1.29, 1.82) is 0 Å². The third kappa shape index (κ3) is 4.63. The Kier molecular flexibility index (Phi) is 6.33. The molecular weight excluding hydrogens is 412 g/mol. The predicted octanol–water partition coefficient (Wildman–Crippen LogP) is 0.648. The van der Waals surface area contributed by atoms with Crippen molar-refractivity contribution in [2.24, 2.45) is 5.41 Å². The van der Waals surface area contributed by atoms with E-state index in [4.69, 9.17) is 5.73 Å². The molecule has 0 saturated carbocycles. The molecule has 2 unspecified atom stereocenters. The van der Waals surface area contributed by atoms with Crippen LogP contribution in [0.1, 0.15) is 48.0 Å². The lowest BCUT2D eigenvalue weighted by Gasteiger charge is -2.39. The summed E-state index contributed by atoms with van der Waals surface area (Å²) in [5, 5.41) is 17.0. The van der Waals surface area contributed by atoms with E-state index in [1.807, 2.05) is 20.8 Å². The maximum atomic E-state index is 13.0. The van der Waals surface area contributed by atoms with E-state index in [1.54, 1.807) is 24.3 Å². The maximum absolute atomic E-state index is 13.0. The maximum Gasteiger partial charge on any atom is 0.273 e. The van der Waals surface area contributed by atoms with Gasteiger partial charge in [-0.15, -0.1) is 0 Å². The summed E-state index contributed by atoms with van der Waals surface area (Å²) in [7, 11) is 1.47. The second-order valence-corrected chi connectivity index (χ2v) is 8.79. The first-order chi connectivity index (χ1) is 15.0. The zero-order chi connectivity index (χ0) is 23.6. The number of nitrogens with zero attached hydrogens (tertiary/aromatic N) is 3. The summed E-state index contributed by atoms with van der Waals surface area (Å²) in [6, 6.07) is 5.99. The molecule has 3 rings (SSSR count). The lowest BCUT2D eigenvalue weighted by atomic mass is 9.82. The zero-order valence-corrected chi connectivity index (χ0v) is 18.5. The van der Waals surface area contributed by atoms with Crippen LogP contribution in [0.3, 0.4) is 0 Å². The fraction of sp³-hybridized carbons (Fsp3) is 0.409. The predicted molar refractivity (Wildman–Crippen MR) is 116 cm³/mol. The lowest BCUT2D eigenvalue weighted by molar-refractivity contribution is -0.268. The highest BCUT2D eigenvalue weighted by Gasteiger charge is 2.42. The summed E-state index contributed by atoms with van der Waals surface area (Å²) >= 11 is 0. The number of amides is 3. The largest absolute Gasteiger partial charge is 0.530 e. The molecule has 4 N–H and O–H groups in total. The molecule has 2 atom stereocenters. The van der Waals surface area contributed by atoms with Gasteiger partial charge in [-0.2, -0.15) is 0 Å². The number of aromatic nitrogens is 2. The molecule has 2 aromatic rings. The van der Waals surface area contributed by atoms with Gasteiger partial charge in [0.05, 0.1) is 24.0 Å². The first-order valence-corrected chi connectivity index (χ1v) is 10.3. The van der Waals surface area contributed by atoms with Crippen molar-refractivity contribution in [3.63, 3.8) is 0 Å². The van der Waals surface area contributed by atoms with Crippen molar-refractivity contribution in [2.45, 2.75) is 39.3 Å². The van der Waals surface area contributed by atoms with Crippen LogP contribution >= 0.6 is 0 Å². The van der Waals surface area contributed by atoms with Gasteiger partial charge in [0, 0.05) is 24.7 Å². The highest BCUT2D eigenvalue weighted by Crippen LogP contribution is 2.33. The molecule has 1 aromatic carbocycles. The number of carboxylic acid groups (broad SMARTS) is 1. The molecule has 170 valence electrons. The van der Waals surface area contributed by atoms with Gasteiger partial charge in [0.1, 0.15) is 6.09 Å². The number of hydrogen-bond donors (Lipinski definition) is 3. The van der Waals surface area contributed by atoms with E-state index >= 15 is 0 Å². The second-order valence-electron chi connectivity index (χ2n) is 8.79. The van der Waals surface area contributed by atoms with Crippen LogP contribution in [0.2, 0.25) is 0 Å². The normalized spacial score (nSPS) is 18.3. The molecule has 0 bridgehead atoms. The summed E-state index contributed by atoms with van der Waals surface area (Å²) in [6.07, 6.45) is 0.696. The molecule has 1 aromatic heterocycles. The van der Waals surface area contributed by atoms with Crippen LogP contribution in [0.15, 0.2) is 30.5 Å². The van der Waals surface area contributed by atoms with Crippen molar-refractivity contribution in [3.05, 3.63) is 41.7 Å². The summed E-state index contributed by atoms with van der Waals surface area (Å²) in [4.78, 5) is 46.1. The number of nitrogens with two attached hydrogens (primary N) is 1. The molecule has 2 heterocycles. The van der Waals surface area contributed by atoms with Crippen LogP contribution in [0, 0.1) is 5.41 Å². The minimum Gasteiger partial charge on any atom is -0.530 e. The molecule has 10 nitrogen and oxygen atoms in total. The van der Waals surface area contributed by atoms with E-state index in [-0.39, 0.29) is 28.9 Å². The summed E-state index contributed by atoms with van der Waals surface area (Å²) in [5.74, 6) is -0.784. The van der Waals surface area contributed by atoms with Gasteiger partial charge in [0.15, 0.2) is 11.5 Å². The van der Waals surface area contributed by atoms with Crippen molar-refractivity contribution in [2.75, 3.05) is 19.3 Å². The molecule has 0 radical (unpaired) electrons. The monoisotopic (exact) mass is 439 g/mol. The minimum atomic E-state index is -1.24. The molecule has 1 aliphatic rings. The SMILES string of the molecule is CNC(=O)c1nc(-c2cccc(C(=O)NC3CCN(C(=O)[O-])C3C(C)(C)C)c2)cnc1N. The number of likely N-dealkylation sites (tertiary alicyclic amines) is 1. The van der Waals surface area contributed by atoms with Gasteiger partial charge in [-0.1, -0.05) is 32.9 Å². The highest BCUT2D eigenvalue weighted by molar-refractivity contribution is 5.97. The molecule has 0 spiro atoms. The van der Waals surface area contributed by atoms with E-state index in [0.29, 0.717) is 29.8 Å². The number of anilines is 1. The van der Waals surface area contributed by atoms with Crippen LogP contribution in [-0.2, 0) is 0 Å². The molecule has 1 saturated heterocycles. The number of nitrogen functional groups attached to an aromatic ring is 1. The van der Waals surface area contributed by atoms with E-state index < -0.39 is 18.0 Å². The van der Waals surface area contributed by atoms with Gasteiger partial charge >= 0.3 is 0 Å². The summed E-state index contributed by atoms with van der Waals surface area (Å²) < 4.78 is 0. The van der Waals surface area contributed by atoms with E-state index in [0.717, 1.165) is 0 Å². The van der Waals surface area contributed by atoms with Crippen LogP contribution in [0.5, 0.6) is 0 Å². The van der Waals surface area contributed by atoms with Gasteiger partial charge < -0.3 is 31.2 Å². The first-order valence-electron chi connectivity index (χ1n) is 10.3. The number of nitrogens with one attached hydrogen (secondary N) is 2.